The molecule has 0 saturated heterocycles. The summed E-state index contributed by atoms with van der Waals surface area (Å²) in [6.07, 6.45) is 2.47. The molecule has 152 valence electrons. The molecule has 2 aromatic heterocycles. The third kappa shape index (κ3) is 3.84. The van der Waals surface area contributed by atoms with Gasteiger partial charge < -0.3 is 10.4 Å². The van der Waals surface area contributed by atoms with Gasteiger partial charge >= 0.3 is 11.8 Å². The highest BCUT2D eigenvalue weighted by Gasteiger charge is 2.34. The van der Waals surface area contributed by atoms with E-state index in [1.807, 2.05) is 12.1 Å². The summed E-state index contributed by atoms with van der Waals surface area (Å²) >= 11 is 0. The minimum absolute atomic E-state index is 0.0238. The van der Waals surface area contributed by atoms with Crippen molar-refractivity contribution in [2.75, 3.05) is 0 Å². The van der Waals surface area contributed by atoms with Gasteiger partial charge in [0.2, 0.25) is 0 Å². The van der Waals surface area contributed by atoms with Crippen LogP contribution < -0.4 is 11.0 Å². The Labute approximate surface area is 165 Å². The van der Waals surface area contributed by atoms with E-state index in [-0.39, 0.29) is 22.6 Å². The molecular formula is C21H30N4O3. The van der Waals surface area contributed by atoms with Gasteiger partial charge in [0.15, 0.2) is 5.65 Å². The summed E-state index contributed by atoms with van der Waals surface area (Å²) < 4.78 is 3.37. The molecule has 1 atom stereocenters. The number of aromatic nitrogens is 3. The number of fused-ring (bicyclic) bond motifs is 1. The molecule has 0 saturated carbocycles. The first-order valence-electron chi connectivity index (χ1n) is 9.64. The van der Waals surface area contributed by atoms with Gasteiger partial charge in [-0.3, -0.25) is 9.13 Å². The van der Waals surface area contributed by atoms with Crippen LogP contribution in [0.2, 0.25) is 0 Å². The van der Waals surface area contributed by atoms with Crippen molar-refractivity contribution in [2.45, 2.75) is 60.0 Å². The van der Waals surface area contributed by atoms with Gasteiger partial charge in [0.05, 0.1) is 11.2 Å². The van der Waals surface area contributed by atoms with Crippen LogP contribution in [0.3, 0.4) is 0 Å². The maximum absolute atomic E-state index is 12.7. The Hall–Kier alpha value is -2.57. The molecule has 2 N–H and O–H groups in total. The SMILES string of the molecule is Cn1c(=O)n(CC(C)(C)C)c2ccc(C3=CCC(C)(C)C(NC(=O)O)C3)nc21. The molecule has 0 fully saturated rings. The Balaban J connectivity index is 2.01. The Morgan fingerprint density at radius 1 is 1.36 bits per heavy atom. The number of nitrogens with one attached hydrogen (secondary N) is 1. The third-order valence-corrected chi connectivity index (χ3v) is 5.48. The molecule has 1 aliphatic rings. The van der Waals surface area contributed by atoms with Crippen LogP contribution in [0.15, 0.2) is 23.0 Å². The fraction of sp³-hybridized carbons (Fsp3) is 0.571. The second kappa shape index (κ2) is 6.79. The molecule has 7 heteroatoms. The van der Waals surface area contributed by atoms with E-state index in [0.717, 1.165) is 23.2 Å². The minimum Gasteiger partial charge on any atom is -0.465 e. The zero-order chi connectivity index (χ0) is 20.9. The van der Waals surface area contributed by atoms with Crippen LogP contribution in [0.4, 0.5) is 4.79 Å². The number of carboxylic acid groups (broad SMARTS) is 1. The van der Waals surface area contributed by atoms with E-state index in [1.54, 1.807) is 16.2 Å². The lowest BCUT2D eigenvalue weighted by molar-refractivity contribution is 0.169. The van der Waals surface area contributed by atoms with Crippen molar-refractivity contribution < 1.29 is 9.90 Å². The first-order valence-corrected chi connectivity index (χ1v) is 9.64. The van der Waals surface area contributed by atoms with Gasteiger partial charge in [0.1, 0.15) is 0 Å². The number of hydrogen-bond donors (Lipinski definition) is 2. The van der Waals surface area contributed by atoms with Gasteiger partial charge in [0, 0.05) is 19.6 Å². The van der Waals surface area contributed by atoms with Crippen molar-refractivity contribution >= 4 is 22.8 Å². The van der Waals surface area contributed by atoms with Gasteiger partial charge in [0.25, 0.3) is 0 Å². The van der Waals surface area contributed by atoms with E-state index in [2.05, 4.69) is 46.0 Å². The normalized spacial score (nSPS) is 19.5. The molecule has 2 heterocycles. The Bertz CT molecular complexity index is 1010. The van der Waals surface area contributed by atoms with Crippen LogP contribution in [-0.2, 0) is 13.6 Å². The third-order valence-electron chi connectivity index (χ3n) is 5.48. The molecule has 7 nitrogen and oxygen atoms in total. The molecule has 0 aliphatic heterocycles. The smallest absolute Gasteiger partial charge is 0.404 e. The van der Waals surface area contributed by atoms with E-state index in [0.29, 0.717) is 18.6 Å². The highest BCUT2D eigenvalue weighted by atomic mass is 16.4. The molecule has 2 aromatic rings. The number of carbonyl (C=O) groups is 1. The molecule has 1 unspecified atom stereocenters. The van der Waals surface area contributed by atoms with E-state index in [1.165, 1.54) is 0 Å². The first kappa shape index (κ1) is 20.2. The highest BCUT2D eigenvalue weighted by molar-refractivity contribution is 5.76. The van der Waals surface area contributed by atoms with Crippen molar-refractivity contribution in [2.24, 2.45) is 17.9 Å². The van der Waals surface area contributed by atoms with E-state index in [4.69, 9.17) is 4.98 Å². The quantitative estimate of drug-likeness (QED) is 0.843. The van der Waals surface area contributed by atoms with Crippen molar-refractivity contribution in [3.63, 3.8) is 0 Å². The summed E-state index contributed by atoms with van der Waals surface area (Å²) in [6.45, 7) is 11.0. The van der Waals surface area contributed by atoms with Crippen LogP contribution in [0.25, 0.3) is 16.7 Å². The molecule has 3 rings (SSSR count). The lowest BCUT2D eigenvalue weighted by atomic mass is 9.73. The summed E-state index contributed by atoms with van der Waals surface area (Å²) in [6, 6.07) is 3.70. The predicted octanol–water partition coefficient (Wildman–Crippen LogP) is 3.62. The molecule has 1 aliphatic carbocycles. The monoisotopic (exact) mass is 386 g/mol. The van der Waals surface area contributed by atoms with Crippen LogP contribution in [0.1, 0.15) is 53.2 Å². The summed E-state index contributed by atoms with van der Waals surface area (Å²) in [5, 5.41) is 11.8. The summed E-state index contributed by atoms with van der Waals surface area (Å²) in [7, 11) is 1.74. The molecule has 0 bridgehead atoms. The molecular weight excluding hydrogens is 356 g/mol. The minimum atomic E-state index is -1.01. The van der Waals surface area contributed by atoms with Gasteiger partial charge in [-0.2, -0.15) is 0 Å². The Morgan fingerprint density at radius 3 is 2.64 bits per heavy atom. The zero-order valence-electron chi connectivity index (χ0n) is 17.5. The number of allylic oxidation sites excluding steroid dienone is 1. The maximum atomic E-state index is 12.7. The van der Waals surface area contributed by atoms with Crippen LogP contribution in [0.5, 0.6) is 0 Å². The number of pyridine rings is 1. The zero-order valence-corrected chi connectivity index (χ0v) is 17.5. The van der Waals surface area contributed by atoms with Crippen LogP contribution >= 0.6 is 0 Å². The fourth-order valence-electron chi connectivity index (χ4n) is 3.79. The number of aryl methyl sites for hydroxylation is 1. The molecule has 0 radical (unpaired) electrons. The number of imidazole rings is 1. The molecule has 1 amide bonds. The Morgan fingerprint density at radius 2 is 2.04 bits per heavy atom. The molecule has 0 spiro atoms. The summed E-state index contributed by atoms with van der Waals surface area (Å²) in [4.78, 5) is 28.7. The number of rotatable bonds is 3. The van der Waals surface area contributed by atoms with Crippen molar-refractivity contribution in [3.05, 3.63) is 34.4 Å². The lowest BCUT2D eigenvalue weighted by Gasteiger charge is -2.37. The summed E-state index contributed by atoms with van der Waals surface area (Å²) in [5.41, 5.74) is 3.03. The topological polar surface area (TPSA) is 89.2 Å². The van der Waals surface area contributed by atoms with Gasteiger partial charge in [-0.1, -0.05) is 40.7 Å². The van der Waals surface area contributed by atoms with Crippen molar-refractivity contribution in [3.8, 4) is 0 Å². The second-order valence-electron chi connectivity index (χ2n) is 9.66. The molecule has 28 heavy (non-hydrogen) atoms. The van der Waals surface area contributed by atoms with Gasteiger partial charge in [-0.05, 0) is 41.4 Å². The van der Waals surface area contributed by atoms with E-state index < -0.39 is 6.09 Å². The average molecular weight is 386 g/mol. The fourth-order valence-corrected chi connectivity index (χ4v) is 3.79. The number of hydrogen-bond acceptors (Lipinski definition) is 3. The highest BCUT2D eigenvalue weighted by Crippen LogP contribution is 2.38. The Kier molecular flexibility index (Phi) is 4.89. The van der Waals surface area contributed by atoms with Crippen LogP contribution in [0, 0.1) is 10.8 Å². The number of amides is 1. The predicted molar refractivity (Wildman–Crippen MR) is 110 cm³/mol. The van der Waals surface area contributed by atoms with E-state index in [9.17, 15) is 14.7 Å². The van der Waals surface area contributed by atoms with Gasteiger partial charge in [-0.15, -0.1) is 0 Å². The van der Waals surface area contributed by atoms with E-state index >= 15 is 0 Å². The maximum Gasteiger partial charge on any atom is 0.404 e. The van der Waals surface area contributed by atoms with Crippen LogP contribution in [-0.4, -0.2) is 31.4 Å². The first-order chi connectivity index (χ1) is 12.9. The molecule has 0 aromatic carbocycles. The average Bonchev–Trinajstić information content (AvgIpc) is 2.80. The van der Waals surface area contributed by atoms with Crippen molar-refractivity contribution in [1.82, 2.24) is 19.4 Å². The van der Waals surface area contributed by atoms with Crippen molar-refractivity contribution in [1.29, 1.82) is 0 Å². The number of nitrogens with zero attached hydrogens (tertiary/aromatic N) is 3. The standard InChI is InChI=1S/C21H30N4O3/c1-20(2,3)12-25-15-8-7-14(22-17(15)24(6)19(25)28)13-9-10-21(4,5)16(11-13)23-18(26)27/h7-9,16,23H,10-12H2,1-6H3,(H,26,27). The van der Waals surface area contributed by atoms with Gasteiger partial charge in [-0.25, -0.2) is 14.6 Å². The lowest BCUT2D eigenvalue weighted by Crippen LogP contribution is -2.45. The summed E-state index contributed by atoms with van der Waals surface area (Å²) in [5.74, 6) is 0. The second-order valence-corrected chi connectivity index (χ2v) is 9.66. The largest absolute Gasteiger partial charge is 0.465 e.